The van der Waals surface area contributed by atoms with E-state index in [1.165, 1.54) is 60.1 Å². The molecule has 0 atom stereocenters. The van der Waals surface area contributed by atoms with Gasteiger partial charge in [-0.3, -0.25) is 0 Å². The van der Waals surface area contributed by atoms with Crippen molar-refractivity contribution in [3.05, 3.63) is 224 Å². The molecule has 0 saturated carbocycles. The van der Waals surface area contributed by atoms with Gasteiger partial charge in [-0.2, -0.15) is 0 Å². The van der Waals surface area contributed by atoms with E-state index < -0.39 is 0 Å². The highest BCUT2D eigenvalue weighted by Gasteiger charge is 2.24. The van der Waals surface area contributed by atoms with Gasteiger partial charge in [-0.15, -0.1) is 0 Å². The maximum Gasteiger partial charge on any atom is 0.142 e. The molecule has 0 bridgehead atoms. The summed E-state index contributed by atoms with van der Waals surface area (Å²) in [4.78, 5) is 0. The van der Waals surface area contributed by atoms with Gasteiger partial charge >= 0.3 is 0 Å². The Bertz CT molecular complexity index is 3080. The summed E-state index contributed by atoms with van der Waals surface area (Å²) >= 11 is 0. The Morgan fingerprint density at radius 2 is 0.911 bits per heavy atom. The number of fused-ring (bicyclic) bond motifs is 4. The van der Waals surface area contributed by atoms with Crippen LogP contribution in [0.25, 0.3) is 93.4 Å². The van der Waals surface area contributed by atoms with Crippen LogP contribution in [0.3, 0.4) is 0 Å². The largest absolute Gasteiger partial charge is 0.460 e. The minimum absolute atomic E-state index is 0.872. The third-order valence-corrected chi connectivity index (χ3v) is 11.2. The molecule has 1 heteroatoms. The third-order valence-electron chi connectivity index (χ3n) is 11.2. The van der Waals surface area contributed by atoms with Gasteiger partial charge < -0.3 is 4.42 Å². The molecular weight excluding hydrogens is 677 g/mol. The van der Waals surface area contributed by atoms with E-state index in [-0.39, 0.29) is 0 Å². The number of hydrogen-bond donors (Lipinski definition) is 0. The first-order valence-electron chi connectivity index (χ1n) is 19.2. The molecule has 264 valence electrons. The van der Waals surface area contributed by atoms with Crippen molar-refractivity contribution in [2.24, 2.45) is 0 Å². The van der Waals surface area contributed by atoms with Crippen LogP contribution in [0, 0.1) is 6.92 Å². The number of rotatable bonds is 7. The van der Waals surface area contributed by atoms with Crippen LogP contribution in [0.2, 0.25) is 0 Å². The number of hydrogen-bond acceptors (Lipinski definition) is 1. The quantitative estimate of drug-likeness (QED) is 0.118. The molecule has 56 heavy (non-hydrogen) atoms. The summed E-state index contributed by atoms with van der Waals surface area (Å²) in [6, 6.07) is 67.6. The summed E-state index contributed by atoms with van der Waals surface area (Å²) in [7, 11) is 0. The zero-order valence-corrected chi connectivity index (χ0v) is 31.2. The molecule has 0 fully saturated rings. The van der Waals surface area contributed by atoms with Gasteiger partial charge in [-0.1, -0.05) is 207 Å². The minimum Gasteiger partial charge on any atom is -0.460 e. The van der Waals surface area contributed by atoms with Gasteiger partial charge in [0, 0.05) is 16.5 Å². The summed E-state index contributed by atoms with van der Waals surface area (Å²) in [5, 5.41) is 8.37. The number of aryl methyl sites for hydroxylation is 1. The number of benzene rings is 9. The molecule has 0 aliphatic rings. The predicted molar refractivity (Wildman–Crippen MR) is 239 cm³/mol. The van der Waals surface area contributed by atoms with Crippen LogP contribution in [0.5, 0.6) is 0 Å². The average Bonchev–Trinajstić information content (AvgIpc) is 3.60. The Labute approximate surface area is 327 Å². The van der Waals surface area contributed by atoms with Crippen molar-refractivity contribution in [3.8, 4) is 44.5 Å². The van der Waals surface area contributed by atoms with Crippen molar-refractivity contribution in [2.75, 3.05) is 0 Å². The van der Waals surface area contributed by atoms with Gasteiger partial charge in [0.1, 0.15) is 11.3 Å². The maximum absolute atomic E-state index is 6.89. The maximum atomic E-state index is 6.89. The third kappa shape index (κ3) is 5.48. The molecule has 9 aromatic carbocycles. The van der Waals surface area contributed by atoms with E-state index >= 15 is 0 Å². The van der Waals surface area contributed by atoms with Gasteiger partial charge in [0.25, 0.3) is 0 Å². The number of para-hydroxylation sites is 1. The zero-order valence-electron chi connectivity index (χ0n) is 31.2. The van der Waals surface area contributed by atoms with Crippen molar-refractivity contribution in [1.29, 1.82) is 0 Å². The van der Waals surface area contributed by atoms with Crippen LogP contribution in [-0.4, -0.2) is 0 Å². The Morgan fingerprint density at radius 1 is 0.411 bits per heavy atom. The molecule has 0 N–H and O–H groups in total. The van der Waals surface area contributed by atoms with E-state index in [2.05, 4.69) is 208 Å². The van der Waals surface area contributed by atoms with E-state index in [0.717, 1.165) is 50.1 Å². The van der Waals surface area contributed by atoms with Gasteiger partial charge in [0.2, 0.25) is 0 Å². The second kappa shape index (κ2) is 13.9. The van der Waals surface area contributed by atoms with Gasteiger partial charge in [0.05, 0.1) is 0 Å². The Kier molecular flexibility index (Phi) is 8.27. The fourth-order valence-electron chi connectivity index (χ4n) is 8.79. The standard InChI is InChI=1S/C55H38O/c1-3-17-50(54-47-27-13-11-25-45(47)53(46-26-12-14-28-48(46)54)44-29-15-21-39-20-7-8-23-42(39)44)52-36(2)56-55-49(30-16-31-51(52)55)43-24-10-9-22-41(43)40-34-32-38(33-35-40)37-18-5-4-6-19-37/h3-35H,1H2,2H3/b50-17+. The molecule has 1 nitrogen and oxygen atoms in total. The fourth-order valence-corrected chi connectivity index (χ4v) is 8.79. The summed E-state index contributed by atoms with van der Waals surface area (Å²) in [5.41, 5.74) is 13.7. The van der Waals surface area contributed by atoms with Crippen molar-refractivity contribution in [3.63, 3.8) is 0 Å². The highest BCUT2D eigenvalue weighted by atomic mass is 16.3. The Hall–Kier alpha value is -7.22. The number of furan rings is 1. The molecule has 0 unspecified atom stereocenters. The van der Waals surface area contributed by atoms with Crippen LogP contribution >= 0.6 is 0 Å². The molecule has 0 amide bonds. The molecule has 0 aliphatic carbocycles. The van der Waals surface area contributed by atoms with Crippen LogP contribution in [0.15, 0.2) is 211 Å². The molecule has 1 aromatic heterocycles. The normalized spacial score (nSPS) is 11.8. The Morgan fingerprint density at radius 3 is 1.62 bits per heavy atom. The molecule has 10 aromatic rings. The van der Waals surface area contributed by atoms with Crippen molar-refractivity contribution >= 4 is 48.9 Å². The van der Waals surface area contributed by atoms with Crippen LogP contribution < -0.4 is 0 Å². The summed E-state index contributed by atoms with van der Waals surface area (Å²) < 4.78 is 6.89. The number of allylic oxidation sites excluding steroid dienone is 2. The van der Waals surface area contributed by atoms with Gasteiger partial charge in [-0.25, -0.2) is 0 Å². The smallest absolute Gasteiger partial charge is 0.142 e. The van der Waals surface area contributed by atoms with E-state index in [0.29, 0.717) is 0 Å². The monoisotopic (exact) mass is 714 g/mol. The molecule has 0 radical (unpaired) electrons. The molecular formula is C55H38O. The first-order chi connectivity index (χ1) is 27.7. The topological polar surface area (TPSA) is 13.1 Å². The summed E-state index contributed by atoms with van der Waals surface area (Å²) in [6.45, 7) is 6.33. The second-order valence-corrected chi connectivity index (χ2v) is 14.4. The van der Waals surface area contributed by atoms with Crippen LogP contribution in [0.4, 0.5) is 0 Å². The zero-order chi connectivity index (χ0) is 37.6. The van der Waals surface area contributed by atoms with Gasteiger partial charge in [-0.05, 0) is 89.3 Å². The van der Waals surface area contributed by atoms with Crippen LogP contribution in [-0.2, 0) is 0 Å². The molecule has 1 heterocycles. The fraction of sp³-hybridized carbons (Fsp3) is 0.0182. The van der Waals surface area contributed by atoms with Gasteiger partial charge in [0.15, 0.2) is 0 Å². The lowest BCUT2D eigenvalue weighted by atomic mass is 9.82. The lowest BCUT2D eigenvalue weighted by Gasteiger charge is -2.20. The van der Waals surface area contributed by atoms with E-state index in [1.807, 2.05) is 6.08 Å². The molecule has 0 aliphatic heterocycles. The Balaban J connectivity index is 1.18. The molecule has 0 saturated heterocycles. The van der Waals surface area contributed by atoms with E-state index in [9.17, 15) is 0 Å². The highest BCUT2D eigenvalue weighted by molar-refractivity contribution is 6.23. The first-order valence-corrected chi connectivity index (χ1v) is 19.2. The molecule has 0 spiro atoms. The first kappa shape index (κ1) is 33.4. The molecule has 10 rings (SSSR count). The highest BCUT2D eigenvalue weighted by Crippen LogP contribution is 2.48. The predicted octanol–water partition coefficient (Wildman–Crippen LogP) is 15.5. The average molecular weight is 715 g/mol. The van der Waals surface area contributed by atoms with Crippen LogP contribution in [0.1, 0.15) is 16.9 Å². The summed E-state index contributed by atoms with van der Waals surface area (Å²) in [5.74, 6) is 0.872. The second-order valence-electron chi connectivity index (χ2n) is 14.4. The lowest BCUT2D eigenvalue weighted by molar-refractivity contribution is 0.578. The van der Waals surface area contributed by atoms with Crippen molar-refractivity contribution in [1.82, 2.24) is 0 Å². The van der Waals surface area contributed by atoms with E-state index in [1.54, 1.807) is 0 Å². The lowest BCUT2D eigenvalue weighted by Crippen LogP contribution is -1.96. The minimum atomic E-state index is 0.872. The SMILES string of the molecule is C=C/C=C(/c1c2ccccc2c(-c2cccc3ccccc23)c2ccccc12)c1c(C)oc2c(-c3ccccc3-c3ccc(-c4ccccc4)cc3)cccc12. The van der Waals surface area contributed by atoms with E-state index in [4.69, 9.17) is 4.42 Å². The van der Waals surface area contributed by atoms with Crippen molar-refractivity contribution < 1.29 is 4.42 Å². The summed E-state index contributed by atoms with van der Waals surface area (Å²) in [6.07, 6.45) is 4.08. The van der Waals surface area contributed by atoms with Crippen molar-refractivity contribution in [2.45, 2.75) is 6.92 Å².